The van der Waals surface area contributed by atoms with Gasteiger partial charge >= 0.3 is 5.97 Å². The Balaban J connectivity index is 2.00. The second kappa shape index (κ2) is 8.02. The molecule has 0 bridgehead atoms. The number of carbonyl (C=O) groups is 1. The molecule has 1 aliphatic rings. The van der Waals surface area contributed by atoms with Crippen LogP contribution in [0.5, 0.6) is 11.5 Å². The molecular formula is C23H36O3. The lowest BCUT2D eigenvalue weighted by molar-refractivity contribution is -0.147. The van der Waals surface area contributed by atoms with Gasteiger partial charge in [0.25, 0.3) is 0 Å². The predicted octanol–water partition coefficient (Wildman–Crippen LogP) is 6.55. The van der Waals surface area contributed by atoms with Gasteiger partial charge in [0.1, 0.15) is 17.1 Å². The fraction of sp³-hybridized carbons (Fsp3) is 0.696. The number of hydrogen-bond donors (Lipinski definition) is 0. The van der Waals surface area contributed by atoms with E-state index in [0.717, 1.165) is 31.4 Å². The maximum atomic E-state index is 12.7. The summed E-state index contributed by atoms with van der Waals surface area (Å²) in [6, 6.07) is 7.50. The van der Waals surface area contributed by atoms with Crippen LogP contribution in [-0.4, -0.2) is 11.6 Å². The van der Waals surface area contributed by atoms with Gasteiger partial charge in [-0.1, -0.05) is 34.1 Å². The highest BCUT2D eigenvalue weighted by Crippen LogP contribution is 2.38. The molecule has 1 fully saturated rings. The van der Waals surface area contributed by atoms with Crippen molar-refractivity contribution in [3.8, 4) is 11.5 Å². The Hall–Kier alpha value is -1.51. The van der Waals surface area contributed by atoms with Crippen molar-refractivity contribution in [1.29, 1.82) is 0 Å². The largest absolute Gasteiger partial charge is 0.488 e. The first-order valence-corrected chi connectivity index (χ1v) is 10.1. The maximum Gasteiger partial charge on any atom is 0.317 e. The van der Waals surface area contributed by atoms with Crippen LogP contribution in [0, 0.1) is 10.8 Å². The number of rotatable bonds is 6. The van der Waals surface area contributed by atoms with Gasteiger partial charge in [-0.05, 0) is 82.1 Å². The highest BCUT2D eigenvalue weighted by atomic mass is 16.5. The third-order valence-corrected chi connectivity index (χ3v) is 5.50. The number of hydrogen-bond acceptors (Lipinski definition) is 3. The zero-order chi connectivity index (χ0) is 19.4. The van der Waals surface area contributed by atoms with Gasteiger partial charge in [0.05, 0.1) is 5.41 Å². The third-order valence-electron chi connectivity index (χ3n) is 5.50. The third kappa shape index (κ3) is 5.75. The van der Waals surface area contributed by atoms with Gasteiger partial charge < -0.3 is 9.47 Å². The van der Waals surface area contributed by atoms with Gasteiger partial charge in [0, 0.05) is 0 Å². The Bertz CT molecular complexity index is 591. The van der Waals surface area contributed by atoms with E-state index in [4.69, 9.17) is 9.47 Å². The van der Waals surface area contributed by atoms with Gasteiger partial charge in [-0.2, -0.15) is 0 Å². The molecule has 1 unspecified atom stereocenters. The van der Waals surface area contributed by atoms with E-state index in [0.29, 0.717) is 5.75 Å². The molecule has 146 valence electrons. The fourth-order valence-electron chi connectivity index (χ4n) is 4.00. The van der Waals surface area contributed by atoms with E-state index in [1.165, 1.54) is 19.3 Å². The van der Waals surface area contributed by atoms with E-state index in [1.807, 2.05) is 31.2 Å². The Kier molecular flexibility index (Phi) is 6.42. The van der Waals surface area contributed by atoms with Crippen molar-refractivity contribution in [2.75, 3.05) is 0 Å². The molecule has 0 heterocycles. The fourth-order valence-corrected chi connectivity index (χ4v) is 4.00. The second-order valence-electron chi connectivity index (χ2n) is 9.63. The van der Waals surface area contributed by atoms with Crippen molar-refractivity contribution in [2.45, 2.75) is 92.1 Å². The Morgan fingerprint density at radius 1 is 1.00 bits per heavy atom. The summed E-state index contributed by atoms with van der Waals surface area (Å²) in [4.78, 5) is 12.7. The topological polar surface area (TPSA) is 35.5 Å². The summed E-state index contributed by atoms with van der Waals surface area (Å²) < 4.78 is 11.9. The van der Waals surface area contributed by atoms with Crippen LogP contribution in [0.15, 0.2) is 24.3 Å². The van der Waals surface area contributed by atoms with Crippen LogP contribution in [-0.2, 0) is 4.79 Å². The minimum Gasteiger partial charge on any atom is -0.488 e. The quantitative estimate of drug-likeness (QED) is 0.426. The maximum absolute atomic E-state index is 12.7. The molecule has 0 aromatic heterocycles. The lowest BCUT2D eigenvalue weighted by Gasteiger charge is -2.34. The molecule has 2 rings (SSSR count). The number of carbonyl (C=O) groups excluding carboxylic acids is 1. The molecular weight excluding hydrogens is 324 g/mol. The lowest BCUT2D eigenvalue weighted by Crippen LogP contribution is -2.35. The molecule has 1 aromatic carbocycles. The van der Waals surface area contributed by atoms with Crippen LogP contribution in [0.1, 0.15) is 86.5 Å². The van der Waals surface area contributed by atoms with Crippen molar-refractivity contribution in [1.82, 2.24) is 0 Å². The molecule has 1 saturated carbocycles. The standard InChI is InChI=1S/C23H36O3/c1-7-22(5,17-21(2,3)4)20(24)25-18-11-13-19(14-12-18)26-23(6)15-9-8-10-16-23/h11-14H,7-10,15-17H2,1-6H3. The SMILES string of the molecule is CCC(C)(CC(C)(C)C)C(=O)Oc1ccc(OC2(C)CCCCC2)cc1. The smallest absolute Gasteiger partial charge is 0.317 e. The van der Waals surface area contributed by atoms with E-state index in [2.05, 4.69) is 34.6 Å². The molecule has 0 N–H and O–H groups in total. The van der Waals surface area contributed by atoms with Crippen molar-refractivity contribution in [3.63, 3.8) is 0 Å². The van der Waals surface area contributed by atoms with E-state index in [-0.39, 0.29) is 17.0 Å². The summed E-state index contributed by atoms with van der Waals surface area (Å²) in [5, 5.41) is 0. The van der Waals surface area contributed by atoms with Gasteiger partial charge in [0.15, 0.2) is 0 Å². The van der Waals surface area contributed by atoms with Crippen LogP contribution >= 0.6 is 0 Å². The molecule has 1 aliphatic carbocycles. The van der Waals surface area contributed by atoms with Crippen LogP contribution in [0.25, 0.3) is 0 Å². The summed E-state index contributed by atoms with van der Waals surface area (Å²) in [7, 11) is 0. The highest BCUT2D eigenvalue weighted by molar-refractivity contribution is 5.78. The average molecular weight is 361 g/mol. The number of ether oxygens (including phenoxy) is 2. The van der Waals surface area contributed by atoms with Gasteiger partial charge in [-0.25, -0.2) is 0 Å². The summed E-state index contributed by atoms with van der Waals surface area (Å²) in [6.45, 7) is 12.7. The Morgan fingerprint density at radius 3 is 2.04 bits per heavy atom. The van der Waals surface area contributed by atoms with Crippen molar-refractivity contribution >= 4 is 5.97 Å². The Morgan fingerprint density at radius 2 is 1.54 bits per heavy atom. The van der Waals surface area contributed by atoms with Crippen molar-refractivity contribution in [2.24, 2.45) is 10.8 Å². The minimum atomic E-state index is -0.469. The Labute approximate surface area is 159 Å². The molecule has 1 aromatic rings. The number of benzene rings is 1. The van der Waals surface area contributed by atoms with Crippen LogP contribution in [0.2, 0.25) is 0 Å². The minimum absolute atomic E-state index is 0.0655. The molecule has 0 aliphatic heterocycles. The molecule has 0 amide bonds. The van der Waals surface area contributed by atoms with Crippen molar-refractivity contribution < 1.29 is 14.3 Å². The predicted molar refractivity (Wildman–Crippen MR) is 107 cm³/mol. The number of esters is 1. The second-order valence-corrected chi connectivity index (χ2v) is 9.63. The molecule has 3 nitrogen and oxygen atoms in total. The lowest BCUT2D eigenvalue weighted by atomic mass is 9.73. The molecule has 3 heteroatoms. The van der Waals surface area contributed by atoms with Crippen molar-refractivity contribution in [3.05, 3.63) is 24.3 Å². The summed E-state index contributed by atoms with van der Waals surface area (Å²) in [6.07, 6.45) is 7.54. The van der Waals surface area contributed by atoms with E-state index in [1.54, 1.807) is 0 Å². The first-order valence-electron chi connectivity index (χ1n) is 10.1. The van der Waals surface area contributed by atoms with E-state index < -0.39 is 5.41 Å². The van der Waals surface area contributed by atoms with Crippen LogP contribution < -0.4 is 9.47 Å². The zero-order valence-corrected chi connectivity index (χ0v) is 17.5. The summed E-state index contributed by atoms with van der Waals surface area (Å²) >= 11 is 0. The summed E-state index contributed by atoms with van der Waals surface area (Å²) in [5.41, 5.74) is -0.455. The molecule has 0 saturated heterocycles. The molecule has 0 spiro atoms. The van der Waals surface area contributed by atoms with Gasteiger partial charge in [-0.15, -0.1) is 0 Å². The van der Waals surface area contributed by atoms with Gasteiger partial charge in [0.2, 0.25) is 0 Å². The zero-order valence-electron chi connectivity index (χ0n) is 17.5. The monoisotopic (exact) mass is 360 g/mol. The van der Waals surface area contributed by atoms with Crippen LogP contribution in [0.4, 0.5) is 0 Å². The van der Waals surface area contributed by atoms with E-state index in [9.17, 15) is 4.79 Å². The van der Waals surface area contributed by atoms with Gasteiger partial charge in [-0.3, -0.25) is 4.79 Å². The first kappa shape index (κ1) is 20.8. The van der Waals surface area contributed by atoms with Crippen LogP contribution in [0.3, 0.4) is 0 Å². The highest BCUT2D eigenvalue weighted by Gasteiger charge is 2.37. The van der Waals surface area contributed by atoms with E-state index >= 15 is 0 Å². The molecule has 1 atom stereocenters. The molecule has 26 heavy (non-hydrogen) atoms. The normalized spacial score (nSPS) is 19.5. The average Bonchev–Trinajstić information content (AvgIpc) is 2.55. The molecule has 0 radical (unpaired) electrons. The summed E-state index contributed by atoms with van der Waals surface area (Å²) in [5.74, 6) is 1.29. The first-order chi connectivity index (χ1) is 12.1.